The van der Waals surface area contributed by atoms with Crippen molar-refractivity contribution in [3.05, 3.63) is 0 Å². The Bertz CT molecular complexity index is 437. The van der Waals surface area contributed by atoms with Gasteiger partial charge in [0.1, 0.15) is 0 Å². The van der Waals surface area contributed by atoms with Gasteiger partial charge in [-0.05, 0) is 57.9 Å². The standard InChI is InChI=1S/C17H33N5OS.HI/c1-19-17(21-14-6-7-15(11-14)24-2)20-8-4-10-22-9-3-5-13(12-22)16(18)23;/h13-15H,3-12H2,1-2H3,(H2,18,23)(H2,19,20,21);1H. The summed E-state index contributed by atoms with van der Waals surface area (Å²) in [4.78, 5) is 18.0. The van der Waals surface area contributed by atoms with Gasteiger partial charge in [-0.1, -0.05) is 0 Å². The van der Waals surface area contributed by atoms with Crippen LogP contribution in [0.1, 0.15) is 38.5 Å². The number of hydrogen-bond acceptors (Lipinski definition) is 4. The number of halogens is 1. The van der Waals surface area contributed by atoms with Crippen LogP contribution in [0.2, 0.25) is 0 Å². The zero-order valence-corrected chi connectivity index (χ0v) is 18.6. The maximum atomic E-state index is 11.3. The third-order valence-corrected chi connectivity index (χ3v) is 6.23. The van der Waals surface area contributed by atoms with Crippen molar-refractivity contribution in [3.8, 4) is 0 Å². The molecule has 6 nitrogen and oxygen atoms in total. The van der Waals surface area contributed by atoms with Gasteiger partial charge in [-0.2, -0.15) is 11.8 Å². The molecule has 25 heavy (non-hydrogen) atoms. The molecule has 8 heteroatoms. The number of nitrogens with two attached hydrogens (primary N) is 1. The Morgan fingerprint density at radius 2 is 2.16 bits per heavy atom. The van der Waals surface area contributed by atoms with Crippen molar-refractivity contribution in [2.75, 3.05) is 39.5 Å². The summed E-state index contributed by atoms with van der Waals surface area (Å²) in [6, 6.07) is 0.548. The molecule has 1 heterocycles. The van der Waals surface area contributed by atoms with Crippen LogP contribution in [0.5, 0.6) is 0 Å². The first-order chi connectivity index (χ1) is 11.6. The van der Waals surface area contributed by atoms with Gasteiger partial charge in [0, 0.05) is 31.4 Å². The Kier molecular flexibility index (Phi) is 11.2. The molecule has 1 amide bonds. The van der Waals surface area contributed by atoms with Crippen LogP contribution in [0.4, 0.5) is 0 Å². The molecule has 3 unspecified atom stereocenters. The van der Waals surface area contributed by atoms with E-state index < -0.39 is 0 Å². The Balaban J connectivity index is 0.00000312. The maximum absolute atomic E-state index is 11.3. The van der Waals surface area contributed by atoms with Crippen LogP contribution >= 0.6 is 35.7 Å². The van der Waals surface area contributed by atoms with Gasteiger partial charge in [-0.15, -0.1) is 24.0 Å². The predicted molar refractivity (Wildman–Crippen MR) is 118 cm³/mol. The van der Waals surface area contributed by atoms with Crippen LogP contribution in [-0.2, 0) is 4.79 Å². The van der Waals surface area contributed by atoms with E-state index in [9.17, 15) is 4.79 Å². The van der Waals surface area contributed by atoms with E-state index in [1.165, 1.54) is 19.3 Å². The largest absolute Gasteiger partial charge is 0.369 e. The van der Waals surface area contributed by atoms with Gasteiger partial charge in [-0.3, -0.25) is 9.79 Å². The van der Waals surface area contributed by atoms with Gasteiger partial charge in [-0.25, -0.2) is 0 Å². The van der Waals surface area contributed by atoms with Gasteiger partial charge >= 0.3 is 0 Å². The molecule has 2 fully saturated rings. The van der Waals surface area contributed by atoms with E-state index in [-0.39, 0.29) is 35.8 Å². The van der Waals surface area contributed by atoms with Crippen LogP contribution in [0.3, 0.4) is 0 Å². The van der Waals surface area contributed by atoms with E-state index in [0.29, 0.717) is 6.04 Å². The number of piperidine rings is 1. The van der Waals surface area contributed by atoms with Crippen molar-refractivity contribution in [1.29, 1.82) is 0 Å². The summed E-state index contributed by atoms with van der Waals surface area (Å²) in [7, 11) is 1.83. The first-order valence-electron chi connectivity index (χ1n) is 9.14. The third kappa shape index (κ3) is 7.90. The molecule has 0 aromatic heterocycles. The molecule has 146 valence electrons. The van der Waals surface area contributed by atoms with Crippen molar-refractivity contribution in [3.63, 3.8) is 0 Å². The summed E-state index contributed by atoms with van der Waals surface area (Å²) in [6.07, 6.45) is 9.01. The summed E-state index contributed by atoms with van der Waals surface area (Å²) in [5.41, 5.74) is 5.44. The molecule has 1 saturated carbocycles. The molecule has 1 aliphatic heterocycles. The lowest BCUT2D eigenvalue weighted by Gasteiger charge is -2.31. The fourth-order valence-corrected chi connectivity index (χ4v) is 4.47. The van der Waals surface area contributed by atoms with E-state index in [0.717, 1.165) is 56.7 Å². The molecule has 0 aromatic carbocycles. The number of aliphatic imine (C=N–C) groups is 1. The molecule has 2 rings (SSSR count). The topological polar surface area (TPSA) is 82.8 Å². The summed E-state index contributed by atoms with van der Waals surface area (Å²) in [6.45, 7) is 3.80. The summed E-state index contributed by atoms with van der Waals surface area (Å²) in [5.74, 6) is 0.797. The lowest BCUT2D eigenvalue weighted by atomic mass is 9.97. The normalized spacial score (nSPS) is 27.6. The number of nitrogens with zero attached hydrogens (tertiary/aromatic N) is 2. The smallest absolute Gasteiger partial charge is 0.221 e. The monoisotopic (exact) mass is 483 g/mol. The number of carbonyl (C=O) groups is 1. The molecule has 3 atom stereocenters. The molecule has 0 radical (unpaired) electrons. The van der Waals surface area contributed by atoms with E-state index in [1.807, 2.05) is 18.8 Å². The van der Waals surface area contributed by atoms with Crippen molar-refractivity contribution in [2.45, 2.75) is 49.8 Å². The second-order valence-electron chi connectivity index (χ2n) is 6.91. The lowest BCUT2D eigenvalue weighted by Crippen LogP contribution is -2.44. The molecule has 0 aromatic rings. The number of primary amides is 1. The number of thioether (sulfide) groups is 1. The molecule has 0 spiro atoms. The fraction of sp³-hybridized carbons (Fsp3) is 0.882. The van der Waals surface area contributed by atoms with Crippen LogP contribution < -0.4 is 16.4 Å². The summed E-state index contributed by atoms with van der Waals surface area (Å²) >= 11 is 1.97. The zero-order chi connectivity index (χ0) is 17.4. The van der Waals surface area contributed by atoms with E-state index in [2.05, 4.69) is 26.8 Å². The van der Waals surface area contributed by atoms with Crippen LogP contribution in [0, 0.1) is 5.92 Å². The van der Waals surface area contributed by atoms with Crippen molar-refractivity contribution >= 4 is 47.6 Å². The molecule has 1 saturated heterocycles. The number of rotatable bonds is 7. The molecular weight excluding hydrogens is 449 g/mol. The number of guanidine groups is 1. The SMILES string of the molecule is CN=C(NCCCN1CCCC(C(N)=O)C1)NC1CCC(SC)C1.I. The number of amides is 1. The van der Waals surface area contributed by atoms with Gasteiger partial charge in [0.05, 0.1) is 5.92 Å². The van der Waals surface area contributed by atoms with Crippen molar-refractivity contribution in [2.24, 2.45) is 16.6 Å². The molecule has 2 aliphatic rings. The Labute approximate surface area is 173 Å². The van der Waals surface area contributed by atoms with Crippen LogP contribution in [-0.4, -0.2) is 67.5 Å². The average molecular weight is 483 g/mol. The summed E-state index contributed by atoms with van der Waals surface area (Å²) in [5, 5.41) is 7.75. The first kappa shape index (κ1) is 22.8. The van der Waals surface area contributed by atoms with Crippen LogP contribution in [0.15, 0.2) is 4.99 Å². The van der Waals surface area contributed by atoms with E-state index >= 15 is 0 Å². The zero-order valence-electron chi connectivity index (χ0n) is 15.5. The van der Waals surface area contributed by atoms with E-state index in [4.69, 9.17) is 5.73 Å². The van der Waals surface area contributed by atoms with Gasteiger partial charge < -0.3 is 21.3 Å². The molecular formula is C17H34IN5OS. The summed E-state index contributed by atoms with van der Waals surface area (Å²) < 4.78 is 0. The highest BCUT2D eigenvalue weighted by atomic mass is 127. The Hall–Kier alpha value is -0.220. The fourth-order valence-electron chi connectivity index (χ4n) is 3.67. The van der Waals surface area contributed by atoms with Gasteiger partial charge in [0.2, 0.25) is 5.91 Å². The number of likely N-dealkylation sites (tertiary alicyclic amines) is 1. The second-order valence-corrected chi connectivity index (χ2v) is 8.04. The van der Waals surface area contributed by atoms with Crippen LogP contribution in [0.25, 0.3) is 0 Å². The number of carbonyl (C=O) groups excluding carboxylic acids is 1. The molecule has 0 bridgehead atoms. The van der Waals surface area contributed by atoms with Crippen molar-refractivity contribution < 1.29 is 4.79 Å². The first-order valence-corrected chi connectivity index (χ1v) is 10.4. The van der Waals surface area contributed by atoms with E-state index in [1.54, 1.807) is 0 Å². The molecule has 4 N–H and O–H groups in total. The quantitative estimate of drug-likeness (QED) is 0.222. The van der Waals surface area contributed by atoms with Gasteiger partial charge in [0.25, 0.3) is 0 Å². The highest BCUT2D eigenvalue weighted by Crippen LogP contribution is 2.27. The Morgan fingerprint density at radius 1 is 1.36 bits per heavy atom. The Morgan fingerprint density at radius 3 is 2.80 bits per heavy atom. The number of hydrogen-bond donors (Lipinski definition) is 3. The average Bonchev–Trinajstić information content (AvgIpc) is 3.05. The lowest BCUT2D eigenvalue weighted by molar-refractivity contribution is -0.123. The predicted octanol–water partition coefficient (Wildman–Crippen LogP) is 1.64. The number of nitrogens with one attached hydrogen (secondary N) is 2. The van der Waals surface area contributed by atoms with Gasteiger partial charge in [0.15, 0.2) is 5.96 Å². The minimum atomic E-state index is -0.150. The molecule has 1 aliphatic carbocycles. The second kappa shape index (κ2) is 12.2. The highest BCUT2D eigenvalue weighted by molar-refractivity contribution is 14.0. The highest BCUT2D eigenvalue weighted by Gasteiger charge is 2.25. The third-order valence-electron chi connectivity index (χ3n) is 5.13. The minimum absolute atomic E-state index is 0. The minimum Gasteiger partial charge on any atom is -0.369 e. The van der Waals surface area contributed by atoms with Crippen molar-refractivity contribution in [1.82, 2.24) is 15.5 Å². The maximum Gasteiger partial charge on any atom is 0.221 e.